The van der Waals surface area contributed by atoms with Crippen molar-refractivity contribution in [2.45, 2.75) is 6.61 Å². The summed E-state index contributed by atoms with van der Waals surface area (Å²) in [7, 11) is 3.56. The van der Waals surface area contributed by atoms with Gasteiger partial charge in [-0.25, -0.2) is 0 Å². The van der Waals surface area contributed by atoms with E-state index in [9.17, 15) is 14.9 Å². The van der Waals surface area contributed by atoms with Crippen LogP contribution in [0.25, 0.3) is 17.0 Å². The number of carbonyl (C=O) groups is 1. The number of nitro benzene ring substituents is 1. The molecule has 1 aromatic heterocycles. The van der Waals surface area contributed by atoms with Gasteiger partial charge < -0.3 is 18.8 Å². The second kappa shape index (κ2) is 8.40. The molecule has 3 aromatic carbocycles. The molecular formula is C26H20N2O6. The quantitative estimate of drug-likeness (QED) is 0.222. The van der Waals surface area contributed by atoms with Gasteiger partial charge in [-0.05, 0) is 54.1 Å². The summed E-state index contributed by atoms with van der Waals surface area (Å²) in [5.41, 5.74) is 3.14. The minimum Gasteiger partial charge on any atom is -0.497 e. The highest BCUT2D eigenvalue weighted by molar-refractivity contribution is 6.15. The Hall–Kier alpha value is -4.59. The molecule has 8 heteroatoms. The normalized spacial score (nSPS) is 13.7. The summed E-state index contributed by atoms with van der Waals surface area (Å²) in [6.07, 6.45) is 3.68. The van der Waals surface area contributed by atoms with E-state index in [0.717, 1.165) is 27.8 Å². The summed E-state index contributed by atoms with van der Waals surface area (Å²) in [4.78, 5) is 23.3. The lowest BCUT2D eigenvalue weighted by molar-refractivity contribution is -0.384. The van der Waals surface area contributed by atoms with Gasteiger partial charge in [0.1, 0.15) is 23.9 Å². The zero-order valence-electron chi connectivity index (χ0n) is 18.5. The fourth-order valence-corrected chi connectivity index (χ4v) is 3.92. The van der Waals surface area contributed by atoms with Crippen molar-refractivity contribution < 1.29 is 23.9 Å². The van der Waals surface area contributed by atoms with Gasteiger partial charge in [-0.1, -0.05) is 0 Å². The maximum atomic E-state index is 12.9. The number of hydrogen-bond acceptors (Lipinski definition) is 6. The molecule has 0 bridgehead atoms. The molecule has 5 rings (SSSR count). The molecule has 0 saturated carbocycles. The molecule has 0 amide bonds. The first-order valence-corrected chi connectivity index (χ1v) is 10.5. The van der Waals surface area contributed by atoms with Crippen LogP contribution in [-0.2, 0) is 13.7 Å². The Morgan fingerprint density at radius 2 is 1.82 bits per heavy atom. The van der Waals surface area contributed by atoms with Crippen molar-refractivity contribution in [2.24, 2.45) is 7.05 Å². The zero-order valence-corrected chi connectivity index (χ0v) is 18.5. The number of allylic oxidation sites excluding steroid dienone is 1. The number of methoxy groups -OCH3 is 1. The summed E-state index contributed by atoms with van der Waals surface area (Å²) < 4.78 is 19.0. The number of ether oxygens (including phenoxy) is 3. The van der Waals surface area contributed by atoms with Crippen LogP contribution in [-0.4, -0.2) is 22.4 Å². The van der Waals surface area contributed by atoms with E-state index in [1.165, 1.54) is 12.1 Å². The third-order valence-electron chi connectivity index (χ3n) is 5.71. The van der Waals surface area contributed by atoms with Gasteiger partial charge in [0.2, 0.25) is 5.78 Å². The Kier molecular flexibility index (Phi) is 5.25. The third kappa shape index (κ3) is 3.86. The lowest BCUT2D eigenvalue weighted by Gasteiger charge is -2.07. The fourth-order valence-electron chi connectivity index (χ4n) is 3.92. The molecule has 0 unspecified atom stereocenters. The van der Waals surface area contributed by atoms with Crippen LogP contribution in [0.4, 0.5) is 5.69 Å². The molecular weight excluding hydrogens is 436 g/mol. The number of nitrogens with zero attached hydrogens (tertiary/aromatic N) is 2. The molecule has 0 atom stereocenters. The van der Waals surface area contributed by atoms with Gasteiger partial charge in [-0.15, -0.1) is 0 Å². The molecule has 2 heterocycles. The average molecular weight is 456 g/mol. The van der Waals surface area contributed by atoms with Crippen molar-refractivity contribution in [2.75, 3.05) is 7.11 Å². The highest BCUT2D eigenvalue weighted by Crippen LogP contribution is 2.36. The summed E-state index contributed by atoms with van der Waals surface area (Å²) in [6.45, 7) is 0.227. The molecule has 0 fully saturated rings. The van der Waals surface area contributed by atoms with Gasteiger partial charge in [0.05, 0.1) is 17.6 Å². The lowest BCUT2D eigenvalue weighted by atomic mass is 10.1. The smallest absolute Gasteiger partial charge is 0.269 e. The Morgan fingerprint density at radius 1 is 1.06 bits per heavy atom. The van der Waals surface area contributed by atoms with Crippen molar-refractivity contribution in [1.29, 1.82) is 0 Å². The van der Waals surface area contributed by atoms with Crippen LogP contribution >= 0.6 is 0 Å². The highest BCUT2D eigenvalue weighted by Gasteiger charge is 2.28. The predicted molar refractivity (Wildman–Crippen MR) is 126 cm³/mol. The van der Waals surface area contributed by atoms with E-state index in [0.29, 0.717) is 17.1 Å². The molecule has 1 aliphatic rings. The van der Waals surface area contributed by atoms with E-state index in [4.69, 9.17) is 14.2 Å². The Bertz CT molecular complexity index is 1470. The zero-order chi connectivity index (χ0) is 23.8. The van der Waals surface area contributed by atoms with Crippen molar-refractivity contribution in [3.63, 3.8) is 0 Å². The topological polar surface area (TPSA) is 92.8 Å². The van der Waals surface area contributed by atoms with E-state index in [-0.39, 0.29) is 23.8 Å². The molecule has 0 saturated heterocycles. The van der Waals surface area contributed by atoms with Crippen LogP contribution in [0.3, 0.4) is 0 Å². The van der Waals surface area contributed by atoms with Crippen molar-refractivity contribution >= 4 is 28.4 Å². The second-order valence-electron chi connectivity index (χ2n) is 7.89. The molecule has 0 N–H and O–H groups in total. The fraction of sp³-hybridized carbons (Fsp3) is 0.115. The van der Waals surface area contributed by atoms with Gasteiger partial charge >= 0.3 is 0 Å². The molecule has 0 aliphatic carbocycles. The summed E-state index contributed by atoms with van der Waals surface area (Å²) in [5, 5.41) is 11.7. The number of aromatic nitrogens is 1. The van der Waals surface area contributed by atoms with Gasteiger partial charge in [0, 0.05) is 47.9 Å². The summed E-state index contributed by atoms with van der Waals surface area (Å²) in [5.74, 6) is 1.72. The van der Waals surface area contributed by atoms with Crippen molar-refractivity contribution in [1.82, 2.24) is 4.57 Å². The summed E-state index contributed by atoms with van der Waals surface area (Å²) in [6, 6.07) is 17.0. The van der Waals surface area contributed by atoms with E-state index < -0.39 is 4.92 Å². The van der Waals surface area contributed by atoms with Crippen LogP contribution in [0.2, 0.25) is 0 Å². The van der Waals surface area contributed by atoms with Crippen molar-refractivity contribution in [3.8, 4) is 17.2 Å². The number of non-ortho nitro benzene ring substituents is 1. The molecule has 0 radical (unpaired) electrons. The molecule has 8 nitrogen and oxygen atoms in total. The third-order valence-corrected chi connectivity index (χ3v) is 5.71. The highest BCUT2D eigenvalue weighted by atomic mass is 16.6. The lowest BCUT2D eigenvalue weighted by Crippen LogP contribution is -1.98. The summed E-state index contributed by atoms with van der Waals surface area (Å²) >= 11 is 0. The monoisotopic (exact) mass is 456 g/mol. The predicted octanol–water partition coefficient (Wildman–Crippen LogP) is 5.29. The Morgan fingerprint density at radius 3 is 2.56 bits per heavy atom. The first kappa shape index (κ1) is 21.3. The van der Waals surface area contributed by atoms with Gasteiger partial charge in [0.25, 0.3) is 5.69 Å². The van der Waals surface area contributed by atoms with Crippen molar-refractivity contribution in [3.05, 3.63) is 99.4 Å². The number of benzene rings is 3. The maximum Gasteiger partial charge on any atom is 0.269 e. The Labute approximate surface area is 194 Å². The minimum atomic E-state index is -0.445. The molecule has 1 aliphatic heterocycles. The molecule has 34 heavy (non-hydrogen) atoms. The number of fused-ring (bicyclic) bond motifs is 2. The van der Waals surface area contributed by atoms with E-state index in [2.05, 4.69) is 0 Å². The number of rotatable bonds is 6. The first-order valence-electron chi connectivity index (χ1n) is 10.5. The van der Waals surface area contributed by atoms with E-state index in [1.54, 1.807) is 43.5 Å². The van der Waals surface area contributed by atoms with Crippen LogP contribution in [0.15, 0.2) is 72.6 Å². The Balaban J connectivity index is 1.36. The van der Waals surface area contributed by atoms with Gasteiger partial charge in [-0.2, -0.15) is 0 Å². The van der Waals surface area contributed by atoms with Gasteiger partial charge in [-0.3, -0.25) is 14.9 Å². The number of Topliss-reactive ketones (excluding diaryl/α,β-unsaturated/α-hetero) is 1. The van der Waals surface area contributed by atoms with Crippen LogP contribution in [0, 0.1) is 10.1 Å². The molecule has 170 valence electrons. The molecule has 0 spiro atoms. The van der Waals surface area contributed by atoms with E-state index >= 15 is 0 Å². The van der Waals surface area contributed by atoms with Crippen LogP contribution < -0.4 is 14.2 Å². The SMILES string of the molecule is COc1ccc2c(c1)c(/C=C1\Oc3cc(OCc4ccc([N+](=O)[O-])cc4)ccc3C1=O)cn2C. The van der Waals surface area contributed by atoms with E-state index in [1.807, 2.05) is 36.0 Å². The second-order valence-corrected chi connectivity index (χ2v) is 7.89. The largest absolute Gasteiger partial charge is 0.497 e. The number of aryl methyl sites for hydroxylation is 1. The standard InChI is InChI=1S/C26H20N2O6/c1-27-14-17(22-12-19(32-2)8-10-23(22)27)11-25-26(29)21-9-7-20(13-24(21)34-25)33-15-16-3-5-18(6-4-16)28(30)31/h3-14H,15H2,1-2H3/b25-11-. The van der Waals surface area contributed by atoms with Gasteiger partial charge in [0.15, 0.2) is 5.76 Å². The number of ketones is 1. The maximum absolute atomic E-state index is 12.9. The molecule has 4 aromatic rings. The first-order chi connectivity index (χ1) is 16.4. The minimum absolute atomic E-state index is 0.0251. The average Bonchev–Trinajstić information content (AvgIpc) is 3.33. The van der Waals surface area contributed by atoms with Crippen LogP contribution in [0.5, 0.6) is 17.2 Å². The number of hydrogen-bond donors (Lipinski definition) is 0. The number of carbonyl (C=O) groups excluding carboxylic acids is 1. The number of nitro groups is 1. The van der Waals surface area contributed by atoms with Crippen LogP contribution in [0.1, 0.15) is 21.5 Å².